The Kier molecular flexibility index (Phi) is 2.07. The largest absolute Gasteiger partial charge is 0.301 e. The first-order valence-electron chi connectivity index (χ1n) is 3.03. The van der Waals surface area contributed by atoms with Crippen molar-refractivity contribution in [3.8, 4) is 12.3 Å². The van der Waals surface area contributed by atoms with Gasteiger partial charge < -0.3 is 4.57 Å². The maximum absolute atomic E-state index is 12.4. The molecule has 0 radical (unpaired) electrons. The van der Waals surface area contributed by atoms with Crippen LogP contribution in [0.1, 0.15) is 0 Å². The van der Waals surface area contributed by atoms with Crippen molar-refractivity contribution in [2.45, 2.75) is 6.54 Å². The van der Waals surface area contributed by atoms with Crippen molar-refractivity contribution in [1.29, 1.82) is 0 Å². The lowest BCUT2D eigenvalue weighted by Crippen LogP contribution is -2.17. The molecule has 0 atom stereocenters. The van der Waals surface area contributed by atoms with E-state index < -0.39 is 5.82 Å². The standard InChI is InChI=1S/C8H6FNO/c1-2-5-10-6-7(9)3-4-8(10)11/h1,3-4,6H,5H2. The fraction of sp³-hybridized carbons (Fsp3) is 0.125. The SMILES string of the molecule is C#CCn1cc(F)ccc1=O. The highest BCUT2D eigenvalue weighted by molar-refractivity contribution is 4.99. The van der Waals surface area contributed by atoms with Crippen molar-refractivity contribution >= 4 is 0 Å². The van der Waals surface area contributed by atoms with Gasteiger partial charge in [0.05, 0.1) is 6.54 Å². The molecule has 0 saturated heterocycles. The first-order valence-corrected chi connectivity index (χ1v) is 3.03. The number of hydrogen-bond donors (Lipinski definition) is 0. The van der Waals surface area contributed by atoms with Crippen LogP contribution in [0.4, 0.5) is 4.39 Å². The molecule has 3 heteroatoms. The van der Waals surface area contributed by atoms with Crippen LogP contribution in [0.5, 0.6) is 0 Å². The van der Waals surface area contributed by atoms with Gasteiger partial charge in [-0.2, -0.15) is 0 Å². The molecule has 1 rings (SSSR count). The number of rotatable bonds is 1. The minimum atomic E-state index is -0.458. The molecular formula is C8H6FNO. The third kappa shape index (κ3) is 1.68. The van der Waals surface area contributed by atoms with Gasteiger partial charge in [0.1, 0.15) is 5.82 Å². The number of nitrogens with zero attached hydrogens (tertiary/aromatic N) is 1. The molecule has 11 heavy (non-hydrogen) atoms. The van der Waals surface area contributed by atoms with Gasteiger partial charge in [0.2, 0.25) is 0 Å². The van der Waals surface area contributed by atoms with Crippen molar-refractivity contribution in [2.24, 2.45) is 0 Å². The Bertz CT molecular complexity index is 348. The topological polar surface area (TPSA) is 22.0 Å². The van der Waals surface area contributed by atoms with E-state index in [1.165, 1.54) is 0 Å². The van der Waals surface area contributed by atoms with Gasteiger partial charge in [0, 0.05) is 12.3 Å². The van der Waals surface area contributed by atoms with Gasteiger partial charge in [0.15, 0.2) is 0 Å². The van der Waals surface area contributed by atoms with Crippen molar-refractivity contribution in [1.82, 2.24) is 4.57 Å². The minimum Gasteiger partial charge on any atom is -0.301 e. The Morgan fingerprint density at radius 3 is 3.00 bits per heavy atom. The molecule has 1 aromatic rings. The molecule has 0 saturated carbocycles. The Balaban J connectivity index is 3.15. The molecular weight excluding hydrogens is 145 g/mol. The lowest BCUT2D eigenvalue weighted by atomic mass is 10.4. The summed E-state index contributed by atoms with van der Waals surface area (Å²) in [5, 5.41) is 0. The molecule has 1 aromatic heterocycles. The molecule has 2 nitrogen and oxygen atoms in total. The predicted octanol–water partition coefficient (Wildman–Crippen LogP) is 0.621. The van der Waals surface area contributed by atoms with Crippen LogP contribution < -0.4 is 5.56 Å². The highest BCUT2D eigenvalue weighted by Gasteiger charge is 1.94. The van der Waals surface area contributed by atoms with Crippen LogP contribution in [0.2, 0.25) is 0 Å². The van der Waals surface area contributed by atoms with E-state index >= 15 is 0 Å². The van der Waals surface area contributed by atoms with E-state index in [-0.39, 0.29) is 12.1 Å². The fourth-order valence-corrected chi connectivity index (χ4v) is 0.724. The highest BCUT2D eigenvalue weighted by Crippen LogP contribution is 1.90. The summed E-state index contributed by atoms with van der Waals surface area (Å²) in [5.41, 5.74) is -0.288. The quantitative estimate of drug-likeness (QED) is 0.539. The molecule has 0 amide bonds. The second kappa shape index (κ2) is 3.02. The van der Waals surface area contributed by atoms with Crippen LogP contribution in [0.15, 0.2) is 23.1 Å². The summed E-state index contributed by atoms with van der Waals surface area (Å²) in [6.45, 7) is 0.108. The van der Waals surface area contributed by atoms with Gasteiger partial charge in [-0.1, -0.05) is 5.92 Å². The van der Waals surface area contributed by atoms with Gasteiger partial charge in [-0.05, 0) is 6.07 Å². The van der Waals surface area contributed by atoms with Gasteiger partial charge >= 0.3 is 0 Å². The van der Waals surface area contributed by atoms with E-state index in [4.69, 9.17) is 6.42 Å². The van der Waals surface area contributed by atoms with Crippen LogP contribution in [-0.2, 0) is 6.54 Å². The lowest BCUT2D eigenvalue weighted by Gasteiger charge is -1.97. The summed E-state index contributed by atoms with van der Waals surface area (Å²) in [6, 6.07) is 2.25. The molecule has 0 spiro atoms. The first kappa shape index (κ1) is 7.55. The molecule has 1 heterocycles. The monoisotopic (exact) mass is 151 g/mol. The Labute approximate surface area is 63.3 Å². The molecule has 0 aliphatic heterocycles. The smallest absolute Gasteiger partial charge is 0.251 e. The van der Waals surface area contributed by atoms with Crippen molar-refractivity contribution in [2.75, 3.05) is 0 Å². The first-order chi connectivity index (χ1) is 5.24. The summed E-state index contributed by atoms with van der Waals surface area (Å²) < 4.78 is 13.6. The van der Waals surface area contributed by atoms with E-state index in [0.29, 0.717) is 0 Å². The molecule has 0 aromatic carbocycles. The van der Waals surface area contributed by atoms with E-state index in [0.717, 1.165) is 22.9 Å². The summed E-state index contributed by atoms with van der Waals surface area (Å²) in [4.78, 5) is 10.9. The summed E-state index contributed by atoms with van der Waals surface area (Å²) in [6.07, 6.45) is 6.03. The van der Waals surface area contributed by atoms with E-state index in [9.17, 15) is 9.18 Å². The van der Waals surface area contributed by atoms with Crippen LogP contribution in [0, 0.1) is 18.2 Å². The van der Waals surface area contributed by atoms with Crippen LogP contribution in [0.3, 0.4) is 0 Å². The Hall–Kier alpha value is -1.56. The number of hydrogen-bond acceptors (Lipinski definition) is 1. The van der Waals surface area contributed by atoms with Gasteiger partial charge in [-0.3, -0.25) is 4.79 Å². The van der Waals surface area contributed by atoms with Gasteiger partial charge in [0.25, 0.3) is 5.56 Å². The van der Waals surface area contributed by atoms with E-state index in [1.807, 2.05) is 0 Å². The van der Waals surface area contributed by atoms with Crippen LogP contribution in [-0.4, -0.2) is 4.57 Å². The van der Waals surface area contributed by atoms with Crippen LogP contribution >= 0.6 is 0 Å². The summed E-state index contributed by atoms with van der Waals surface area (Å²) in [5.74, 6) is 1.79. The third-order valence-electron chi connectivity index (χ3n) is 1.21. The zero-order chi connectivity index (χ0) is 8.27. The summed E-state index contributed by atoms with van der Waals surface area (Å²) in [7, 11) is 0. The maximum Gasteiger partial charge on any atom is 0.251 e. The molecule has 0 fully saturated rings. The van der Waals surface area contributed by atoms with Crippen molar-refractivity contribution < 1.29 is 4.39 Å². The van der Waals surface area contributed by atoms with Crippen molar-refractivity contribution in [3.05, 3.63) is 34.5 Å². The molecule has 0 aliphatic rings. The average molecular weight is 151 g/mol. The van der Waals surface area contributed by atoms with E-state index in [2.05, 4.69) is 5.92 Å². The molecule has 0 N–H and O–H groups in total. The maximum atomic E-state index is 12.4. The number of terminal acetylenes is 1. The predicted molar refractivity (Wildman–Crippen MR) is 39.5 cm³/mol. The number of aromatic nitrogens is 1. The second-order valence-corrected chi connectivity index (χ2v) is 2.02. The highest BCUT2D eigenvalue weighted by atomic mass is 19.1. The van der Waals surface area contributed by atoms with Gasteiger partial charge in [-0.15, -0.1) is 6.42 Å². The molecule has 56 valence electrons. The third-order valence-corrected chi connectivity index (χ3v) is 1.21. The Morgan fingerprint density at radius 1 is 1.64 bits per heavy atom. The second-order valence-electron chi connectivity index (χ2n) is 2.02. The normalized spacial score (nSPS) is 9.09. The average Bonchev–Trinajstić information content (AvgIpc) is 1.98. The van der Waals surface area contributed by atoms with E-state index in [1.54, 1.807) is 0 Å². The summed E-state index contributed by atoms with van der Waals surface area (Å²) >= 11 is 0. The fourth-order valence-electron chi connectivity index (χ4n) is 0.724. The number of pyridine rings is 1. The minimum absolute atomic E-state index is 0.108. The number of halogens is 1. The zero-order valence-corrected chi connectivity index (χ0v) is 5.75. The molecule has 0 bridgehead atoms. The molecule has 0 unspecified atom stereocenters. The van der Waals surface area contributed by atoms with Gasteiger partial charge in [-0.25, -0.2) is 4.39 Å². The zero-order valence-electron chi connectivity index (χ0n) is 5.75. The van der Waals surface area contributed by atoms with Crippen molar-refractivity contribution in [3.63, 3.8) is 0 Å². The Morgan fingerprint density at radius 2 is 2.36 bits per heavy atom. The lowest BCUT2D eigenvalue weighted by molar-refractivity contribution is 0.599. The molecule has 0 aliphatic carbocycles. The van der Waals surface area contributed by atoms with Crippen LogP contribution in [0.25, 0.3) is 0 Å².